The van der Waals surface area contributed by atoms with Gasteiger partial charge in [-0.2, -0.15) is 0 Å². The summed E-state index contributed by atoms with van der Waals surface area (Å²) in [5.74, 6) is -0.423. The van der Waals surface area contributed by atoms with Crippen LogP contribution >= 0.6 is 0 Å². The second-order valence-electron chi connectivity index (χ2n) is 4.34. The van der Waals surface area contributed by atoms with Crippen molar-refractivity contribution in [3.05, 3.63) is 30.1 Å². The molecule has 0 spiro atoms. The number of likely N-dealkylation sites (tertiary alicyclic amines) is 1. The van der Waals surface area contributed by atoms with Crippen molar-refractivity contribution in [3.8, 4) is 0 Å². The molecule has 98 valence electrons. The highest BCUT2D eigenvalue weighted by molar-refractivity contribution is 7.89. The molecule has 2 heterocycles. The van der Waals surface area contributed by atoms with E-state index in [0.29, 0.717) is 18.7 Å². The SMILES string of the molecule is NS(=O)(=O)CC1CCCN1C(=O)c1ccccn1. The summed E-state index contributed by atoms with van der Waals surface area (Å²) < 4.78 is 22.2. The van der Waals surface area contributed by atoms with Gasteiger partial charge >= 0.3 is 0 Å². The summed E-state index contributed by atoms with van der Waals surface area (Å²) in [6, 6.07) is 4.73. The van der Waals surface area contributed by atoms with Gasteiger partial charge in [-0.1, -0.05) is 6.07 Å². The standard InChI is InChI=1S/C11H15N3O3S/c12-18(16,17)8-9-4-3-7-14(9)11(15)10-5-1-2-6-13-10/h1-2,5-6,9H,3-4,7-8H2,(H2,12,16,17). The third-order valence-electron chi connectivity index (χ3n) is 2.95. The lowest BCUT2D eigenvalue weighted by molar-refractivity contribution is 0.0743. The quantitative estimate of drug-likeness (QED) is 0.834. The van der Waals surface area contributed by atoms with Crippen LogP contribution in [0.15, 0.2) is 24.4 Å². The van der Waals surface area contributed by atoms with Crippen LogP contribution in [0.4, 0.5) is 0 Å². The molecular weight excluding hydrogens is 254 g/mol. The molecule has 1 saturated heterocycles. The second kappa shape index (κ2) is 5.03. The second-order valence-corrected chi connectivity index (χ2v) is 6.00. The van der Waals surface area contributed by atoms with Crippen LogP contribution < -0.4 is 5.14 Å². The van der Waals surface area contributed by atoms with Gasteiger partial charge in [-0.25, -0.2) is 13.6 Å². The minimum Gasteiger partial charge on any atom is -0.333 e. The van der Waals surface area contributed by atoms with Gasteiger partial charge in [0.15, 0.2) is 0 Å². The van der Waals surface area contributed by atoms with Gasteiger partial charge in [-0.05, 0) is 25.0 Å². The third kappa shape index (κ3) is 3.05. The Morgan fingerprint density at radius 3 is 2.89 bits per heavy atom. The van der Waals surface area contributed by atoms with Gasteiger partial charge in [0, 0.05) is 18.8 Å². The highest BCUT2D eigenvalue weighted by Crippen LogP contribution is 2.20. The van der Waals surface area contributed by atoms with Crippen LogP contribution in [0, 0.1) is 0 Å². The van der Waals surface area contributed by atoms with Crippen LogP contribution in [0.2, 0.25) is 0 Å². The number of sulfonamides is 1. The number of carbonyl (C=O) groups excluding carboxylic acids is 1. The van der Waals surface area contributed by atoms with E-state index in [0.717, 1.165) is 6.42 Å². The number of pyridine rings is 1. The average Bonchev–Trinajstić information content (AvgIpc) is 2.75. The van der Waals surface area contributed by atoms with E-state index in [9.17, 15) is 13.2 Å². The monoisotopic (exact) mass is 269 g/mol. The zero-order valence-electron chi connectivity index (χ0n) is 9.82. The Morgan fingerprint density at radius 1 is 1.50 bits per heavy atom. The van der Waals surface area contributed by atoms with Crippen molar-refractivity contribution in [2.45, 2.75) is 18.9 Å². The fourth-order valence-corrected chi connectivity index (χ4v) is 3.06. The molecule has 7 heteroatoms. The van der Waals surface area contributed by atoms with Crippen molar-refractivity contribution < 1.29 is 13.2 Å². The maximum Gasteiger partial charge on any atom is 0.272 e. The number of carbonyl (C=O) groups is 1. The zero-order valence-corrected chi connectivity index (χ0v) is 10.6. The Labute approximate surface area is 106 Å². The predicted octanol–water partition coefficient (Wildman–Crippen LogP) is -0.0253. The van der Waals surface area contributed by atoms with Gasteiger partial charge in [0.1, 0.15) is 5.69 Å². The van der Waals surface area contributed by atoms with Crippen LogP contribution in [-0.4, -0.2) is 42.5 Å². The van der Waals surface area contributed by atoms with Crippen LogP contribution in [0.1, 0.15) is 23.3 Å². The smallest absolute Gasteiger partial charge is 0.272 e. The van der Waals surface area contributed by atoms with Crippen molar-refractivity contribution in [1.82, 2.24) is 9.88 Å². The lowest BCUT2D eigenvalue weighted by Crippen LogP contribution is -2.41. The molecule has 1 aliphatic rings. The first kappa shape index (κ1) is 13.0. The van der Waals surface area contributed by atoms with Crippen LogP contribution in [0.5, 0.6) is 0 Å². The lowest BCUT2D eigenvalue weighted by Gasteiger charge is -2.23. The highest BCUT2D eigenvalue weighted by Gasteiger charge is 2.32. The van der Waals surface area contributed by atoms with Gasteiger partial charge < -0.3 is 4.90 Å². The number of hydrogen-bond acceptors (Lipinski definition) is 4. The van der Waals surface area contributed by atoms with Crippen molar-refractivity contribution in [3.63, 3.8) is 0 Å². The summed E-state index contributed by atoms with van der Waals surface area (Å²) >= 11 is 0. The van der Waals surface area contributed by atoms with Crippen LogP contribution in [0.25, 0.3) is 0 Å². The Morgan fingerprint density at radius 2 is 2.28 bits per heavy atom. The van der Waals surface area contributed by atoms with Crippen molar-refractivity contribution in [1.29, 1.82) is 0 Å². The molecule has 1 amide bonds. The van der Waals surface area contributed by atoms with Crippen molar-refractivity contribution in [2.75, 3.05) is 12.3 Å². The van der Waals surface area contributed by atoms with Crippen molar-refractivity contribution in [2.24, 2.45) is 5.14 Å². The van der Waals surface area contributed by atoms with E-state index >= 15 is 0 Å². The first-order valence-electron chi connectivity index (χ1n) is 5.70. The minimum absolute atomic E-state index is 0.189. The maximum atomic E-state index is 12.2. The molecule has 18 heavy (non-hydrogen) atoms. The molecule has 2 N–H and O–H groups in total. The summed E-state index contributed by atoms with van der Waals surface area (Å²) in [5.41, 5.74) is 0.332. The topological polar surface area (TPSA) is 93.4 Å². The number of primary sulfonamides is 1. The molecule has 1 aromatic rings. The van der Waals surface area contributed by atoms with E-state index in [4.69, 9.17) is 5.14 Å². The molecule has 0 bridgehead atoms. The molecule has 1 aliphatic heterocycles. The van der Waals surface area contributed by atoms with Gasteiger partial charge in [-0.3, -0.25) is 9.78 Å². The lowest BCUT2D eigenvalue weighted by atomic mass is 10.2. The average molecular weight is 269 g/mol. The number of hydrogen-bond donors (Lipinski definition) is 1. The first-order chi connectivity index (χ1) is 8.47. The van der Waals surface area contributed by atoms with E-state index in [2.05, 4.69) is 4.98 Å². The van der Waals surface area contributed by atoms with Gasteiger partial charge in [0.2, 0.25) is 10.0 Å². The molecule has 6 nitrogen and oxygen atoms in total. The summed E-state index contributed by atoms with van der Waals surface area (Å²) in [6.45, 7) is 0.551. The number of amides is 1. The van der Waals surface area contributed by atoms with Gasteiger partial charge in [-0.15, -0.1) is 0 Å². The van der Waals surface area contributed by atoms with E-state index in [1.807, 2.05) is 0 Å². The molecule has 1 aromatic heterocycles. The molecule has 0 radical (unpaired) electrons. The molecule has 0 aliphatic carbocycles. The summed E-state index contributed by atoms with van der Waals surface area (Å²) in [7, 11) is -3.57. The van der Waals surface area contributed by atoms with E-state index < -0.39 is 10.0 Å². The zero-order chi connectivity index (χ0) is 13.2. The Bertz CT molecular complexity index is 530. The molecule has 0 aromatic carbocycles. The number of nitrogens with two attached hydrogens (primary N) is 1. The minimum atomic E-state index is -3.57. The Kier molecular flexibility index (Phi) is 3.63. The normalized spacial score (nSPS) is 20.1. The first-order valence-corrected chi connectivity index (χ1v) is 7.41. The van der Waals surface area contributed by atoms with E-state index in [1.54, 1.807) is 23.1 Å². The van der Waals surface area contributed by atoms with Gasteiger partial charge in [0.25, 0.3) is 5.91 Å². The molecule has 1 unspecified atom stereocenters. The summed E-state index contributed by atoms with van der Waals surface area (Å²) in [4.78, 5) is 17.7. The summed E-state index contributed by atoms with van der Waals surface area (Å²) in [6.07, 6.45) is 2.99. The largest absolute Gasteiger partial charge is 0.333 e. The highest BCUT2D eigenvalue weighted by atomic mass is 32.2. The maximum absolute atomic E-state index is 12.2. The Balaban J connectivity index is 2.15. The van der Waals surface area contributed by atoms with E-state index in [1.165, 1.54) is 6.20 Å². The molecular formula is C11H15N3O3S. The Hall–Kier alpha value is -1.47. The molecule has 0 saturated carbocycles. The van der Waals surface area contributed by atoms with Crippen LogP contribution in [-0.2, 0) is 10.0 Å². The number of aromatic nitrogens is 1. The summed E-state index contributed by atoms with van der Waals surface area (Å²) in [5, 5.41) is 5.03. The fourth-order valence-electron chi connectivity index (χ4n) is 2.18. The predicted molar refractivity (Wildman–Crippen MR) is 66.3 cm³/mol. The third-order valence-corrected chi connectivity index (χ3v) is 3.80. The number of rotatable bonds is 3. The fraction of sp³-hybridized carbons (Fsp3) is 0.455. The number of nitrogens with zero attached hydrogens (tertiary/aromatic N) is 2. The molecule has 1 atom stereocenters. The molecule has 1 fully saturated rings. The van der Waals surface area contributed by atoms with Gasteiger partial charge in [0.05, 0.1) is 5.75 Å². The van der Waals surface area contributed by atoms with Crippen LogP contribution in [0.3, 0.4) is 0 Å². The van der Waals surface area contributed by atoms with E-state index in [-0.39, 0.29) is 17.7 Å². The van der Waals surface area contributed by atoms with Crippen molar-refractivity contribution >= 4 is 15.9 Å². The molecule has 2 rings (SSSR count).